The second-order valence-electron chi connectivity index (χ2n) is 3.89. The first-order chi connectivity index (χ1) is 7.08. The van der Waals surface area contributed by atoms with Crippen LogP contribution < -0.4 is 0 Å². The summed E-state index contributed by atoms with van der Waals surface area (Å²) in [6, 6.07) is 1.90. The summed E-state index contributed by atoms with van der Waals surface area (Å²) < 4.78 is 6.58. The lowest BCUT2D eigenvalue weighted by Crippen LogP contribution is -2.19. The van der Waals surface area contributed by atoms with Crippen LogP contribution in [0.4, 0.5) is 0 Å². The number of carbonyl (C=O) groups excluding carboxylic acids is 1. The van der Waals surface area contributed by atoms with Gasteiger partial charge in [0, 0.05) is 9.35 Å². The van der Waals surface area contributed by atoms with Crippen molar-refractivity contribution in [3.05, 3.63) is 20.3 Å². The van der Waals surface area contributed by atoms with Crippen molar-refractivity contribution in [2.45, 2.75) is 38.9 Å². The maximum absolute atomic E-state index is 12.0. The smallest absolute Gasteiger partial charge is 0.201 e. The number of hydrogen-bond acceptors (Lipinski definition) is 3. The molecule has 2 atom stereocenters. The molecule has 4 heteroatoms. The monoisotopic (exact) mass is 288 g/mol. The molecule has 1 saturated heterocycles. The van der Waals surface area contributed by atoms with Crippen molar-refractivity contribution >= 4 is 33.0 Å². The quantitative estimate of drug-likeness (QED) is 0.778. The van der Waals surface area contributed by atoms with Crippen molar-refractivity contribution in [2.75, 3.05) is 0 Å². The van der Waals surface area contributed by atoms with Crippen molar-refractivity contribution in [1.82, 2.24) is 0 Å². The molecule has 1 aliphatic heterocycles. The van der Waals surface area contributed by atoms with E-state index >= 15 is 0 Å². The molecule has 0 spiro atoms. The second kappa shape index (κ2) is 4.36. The first-order valence-corrected chi connectivity index (χ1v) is 6.64. The molecule has 0 saturated carbocycles. The van der Waals surface area contributed by atoms with E-state index in [1.165, 1.54) is 11.3 Å². The van der Waals surface area contributed by atoms with Crippen molar-refractivity contribution in [3.8, 4) is 0 Å². The van der Waals surface area contributed by atoms with E-state index in [2.05, 4.69) is 15.9 Å². The Kier molecular flexibility index (Phi) is 3.28. The third-order valence-electron chi connectivity index (χ3n) is 2.62. The van der Waals surface area contributed by atoms with Crippen LogP contribution in [-0.4, -0.2) is 18.0 Å². The average Bonchev–Trinajstić information content (AvgIpc) is 2.74. The van der Waals surface area contributed by atoms with Crippen molar-refractivity contribution < 1.29 is 9.53 Å². The molecule has 2 heterocycles. The van der Waals surface area contributed by atoms with Crippen LogP contribution in [0.1, 0.15) is 34.3 Å². The number of ether oxygens (including phenoxy) is 1. The van der Waals surface area contributed by atoms with Crippen LogP contribution in [0.3, 0.4) is 0 Å². The standard InChI is InChI=1S/C11H13BrO2S/c1-6-3-4-9(14-6)11(13)10-5-8(12)7(2)15-10/h5-6,9H,3-4H2,1-2H3. The summed E-state index contributed by atoms with van der Waals surface area (Å²) in [5.41, 5.74) is 0. The Morgan fingerprint density at radius 1 is 1.60 bits per heavy atom. The molecule has 1 fully saturated rings. The largest absolute Gasteiger partial charge is 0.367 e. The third-order valence-corrected chi connectivity index (χ3v) is 4.78. The van der Waals surface area contributed by atoms with Gasteiger partial charge in [-0.25, -0.2) is 0 Å². The van der Waals surface area contributed by atoms with Gasteiger partial charge in [-0.3, -0.25) is 4.79 Å². The summed E-state index contributed by atoms with van der Waals surface area (Å²) in [7, 11) is 0. The Labute approximate surface area is 102 Å². The van der Waals surface area contributed by atoms with E-state index in [1.807, 2.05) is 19.9 Å². The first kappa shape index (κ1) is 11.3. The highest BCUT2D eigenvalue weighted by Crippen LogP contribution is 2.30. The summed E-state index contributed by atoms with van der Waals surface area (Å²) in [4.78, 5) is 14.0. The molecule has 1 aromatic rings. The van der Waals surface area contributed by atoms with Crippen LogP contribution in [0.25, 0.3) is 0 Å². The Balaban J connectivity index is 2.14. The van der Waals surface area contributed by atoms with Gasteiger partial charge in [-0.1, -0.05) is 0 Å². The molecular weight excluding hydrogens is 276 g/mol. The van der Waals surface area contributed by atoms with Crippen LogP contribution in [0, 0.1) is 6.92 Å². The predicted octanol–water partition coefficient (Wildman–Crippen LogP) is 3.57. The molecule has 82 valence electrons. The van der Waals surface area contributed by atoms with Gasteiger partial charge in [0.25, 0.3) is 0 Å². The normalized spacial score (nSPS) is 25.8. The van der Waals surface area contributed by atoms with E-state index in [0.717, 1.165) is 27.1 Å². The van der Waals surface area contributed by atoms with Gasteiger partial charge < -0.3 is 4.74 Å². The van der Waals surface area contributed by atoms with Crippen LogP contribution in [-0.2, 0) is 4.74 Å². The first-order valence-electron chi connectivity index (χ1n) is 5.03. The number of hydrogen-bond donors (Lipinski definition) is 0. The molecule has 1 aliphatic rings. The van der Waals surface area contributed by atoms with Gasteiger partial charge in [0.1, 0.15) is 6.10 Å². The number of rotatable bonds is 2. The van der Waals surface area contributed by atoms with Crippen LogP contribution in [0.15, 0.2) is 10.5 Å². The minimum Gasteiger partial charge on any atom is -0.367 e. The fraction of sp³-hybridized carbons (Fsp3) is 0.545. The average molecular weight is 289 g/mol. The summed E-state index contributed by atoms with van der Waals surface area (Å²) in [6.07, 6.45) is 1.85. The van der Waals surface area contributed by atoms with Gasteiger partial charge in [-0.05, 0) is 48.7 Å². The van der Waals surface area contributed by atoms with E-state index in [1.54, 1.807) is 0 Å². The van der Waals surface area contributed by atoms with Gasteiger partial charge in [0.05, 0.1) is 11.0 Å². The number of thiophene rings is 1. The molecule has 0 radical (unpaired) electrons. The van der Waals surface area contributed by atoms with Gasteiger partial charge in [-0.15, -0.1) is 11.3 Å². The molecule has 0 aromatic carbocycles. The van der Waals surface area contributed by atoms with E-state index < -0.39 is 0 Å². The zero-order valence-electron chi connectivity index (χ0n) is 8.75. The number of carbonyl (C=O) groups is 1. The maximum atomic E-state index is 12.0. The molecule has 0 bridgehead atoms. The van der Waals surface area contributed by atoms with E-state index in [9.17, 15) is 4.79 Å². The highest BCUT2D eigenvalue weighted by atomic mass is 79.9. The summed E-state index contributed by atoms with van der Waals surface area (Å²) in [5, 5.41) is 0. The van der Waals surface area contributed by atoms with Crippen LogP contribution in [0.5, 0.6) is 0 Å². The highest BCUT2D eigenvalue weighted by molar-refractivity contribution is 9.10. The number of ketones is 1. The molecule has 2 rings (SSSR count). The van der Waals surface area contributed by atoms with Crippen molar-refractivity contribution in [2.24, 2.45) is 0 Å². The van der Waals surface area contributed by atoms with E-state index in [4.69, 9.17) is 4.74 Å². The van der Waals surface area contributed by atoms with Gasteiger partial charge in [0.15, 0.2) is 0 Å². The number of aryl methyl sites for hydroxylation is 1. The fourth-order valence-corrected chi connectivity index (χ4v) is 3.25. The lowest BCUT2D eigenvalue weighted by atomic mass is 10.1. The maximum Gasteiger partial charge on any atom is 0.201 e. The Morgan fingerprint density at radius 3 is 2.80 bits per heavy atom. The fourth-order valence-electron chi connectivity index (χ4n) is 1.74. The minimum absolute atomic E-state index is 0.137. The van der Waals surface area contributed by atoms with E-state index in [-0.39, 0.29) is 18.0 Å². The lowest BCUT2D eigenvalue weighted by molar-refractivity contribution is 0.0437. The van der Waals surface area contributed by atoms with Crippen molar-refractivity contribution in [3.63, 3.8) is 0 Å². The molecule has 15 heavy (non-hydrogen) atoms. The SMILES string of the molecule is Cc1sc(C(=O)C2CCC(C)O2)cc1Br. The zero-order valence-corrected chi connectivity index (χ0v) is 11.2. The Morgan fingerprint density at radius 2 is 2.33 bits per heavy atom. The van der Waals surface area contributed by atoms with Crippen LogP contribution >= 0.6 is 27.3 Å². The zero-order chi connectivity index (χ0) is 11.0. The molecular formula is C11H13BrO2S. The van der Waals surface area contributed by atoms with Gasteiger partial charge in [0.2, 0.25) is 5.78 Å². The molecule has 0 N–H and O–H groups in total. The summed E-state index contributed by atoms with van der Waals surface area (Å²) >= 11 is 4.96. The summed E-state index contributed by atoms with van der Waals surface area (Å²) in [6.45, 7) is 4.02. The molecule has 0 amide bonds. The third kappa shape index (κ3) is 2.32. The topological polar surface area (TPSA) is 26.3 Å². The van der Waals surface area contributed by atoms with Crippen molar-refractivity contribution in [1.29, 1.82) is 0 Å². The Hall–Kier alpha value is -0.190. The number of Topliss-reactive ketones (excluding diaryl/α,β-unsaturated/α-hetero) is 1. The second-order valence-corrected chi connectivity index (χ2v) is 6.00. The summed E-state index contributed by atoms with van der Waals surface area (Å²) in [5.74, 6) is 0.137. The molecule has 0 aliphatic carbocycles. The Bertz CT molecular complexity index is 366. The number of halogens is 1. The highest BCUT2D eigenvalue weighted by Gasteiger charge is 2.29. The van der Waals surface area contributed by atoms with Gasteiger partial charge >= 0.3 is 0 Å². The minimum atomic E-state index is -0.218. The molecule has 1 aromatic heterocycles. The van der Waals surface area contributed by atoms with E-state index in [0.29, 0.717) is 0 Å². The van der Waals surface area contributed by atoms with Crippen LogP contribution in [0.2, 0.25) is 0 Å². The lowest BCUT2D eigenvalue weighted by Gasteiger charge is -2.07. The van der Waals surface area contributed by atoms with Gasteiger partial charge in [-0.2, -0.15) is 0 Å². The molecule has 2 nitrogen and oxygen atoms in total. The predicted molar refractivity (Wildman–Crippen MR) is 64.7 cm³/mol. The molecule has 2 unspecified atom stereocenters.